The van der Waals surface area contributed by atoms with E-state index in [1.165, 1.54) is 19.1 Å². The molecule has 0 unspecified atom stereocenters. The van der Waals surface area contributed by atoms with Gasteiger partial charge >= 0.3 is 0 Å². The zero-order chi connectivity index (χ0) is 16.9. The fourth-order valence-corrected chi connectivity index (χ4v) is 2.96. The van der Waals surface area contributed by atoms with Crippen LogP contribution in [0.4, 0.5) is 10.1 Å². The van der Waals surface area contributed by atoms with Crippen LogP contribution in [0.15, 0.2) is 42.5 Å². The molecule has 1 aliphatic heterocycles. The number of hydrogen-bond donors (Lipinski definition) is 2. The molecule has 126 valence electrons. The number of nitrogens with one attached hydrogen (secondary N) is 2. The van der Waals surface area contributed by atoms with Gasteiger partial charge in [-0.3, -0.25) is 4.79 Å². The molecular formula is C19H21FN2O2. The van der Waals surface area contributed by atoms with E-state index in [2.05, 4.69) is 10.6 Å². The van der Waals surface area contributed by atoms with Crippen molar-refractivity contribution < 1.29 is 13.9 Å². The number of benzene rings is 2. The monoisotopic (exact) mass is 328 g/mol. The van der Waals surface area contributed by atoms with Gasteiger partial charge in [0.05, 0.1) is 6.61 Å². The van der Waals surface area contributed by atoms with Crippen molar-refractivity contribution in [1.82, 2.24) is 5.32 Å². The van der Waals surface area contributed by atoms with Crippen molar-refractivity contribution in [2.45, 2.75) is 32.4 Å². The summed E-state index contributed by atoms with van der Waals surface area (Å²) in [6, 6.07) is 12.6. The summed E-state index contributed by atoms with van der Waals surface area (Å²) >= 11 is 0. The van der Waals surface area contributed by atoms with E-state index in [9.17, 15) is 9.18 Å². The van der Waals surface area contributed by atoms with Crippen LogP contribution >= 0.6 is 0 Å². The Morgan fingerprint density at radius 3 is 3.00 bits per heavy atom. The number of hydrogen-bond acceptors (Lipinski definition) is 3. The highest BCUT2D eigenvalue weighted by Crippen LogP contribution is 2.32. The first kappa shape index (κ1) is 16.5. The number of ether oxygens (including phenoxy) is 1. The lowest BCUT2D eigenvalue weighted by Crippen LogP contribution is -2.20. The Bertz CT molecular complexity index is 733. The SMILES string of the molecule is CC(=O)Nc1cccc(CN[C@@H]2CCCOc3cc(F)ccc32)c1. The highest BCUT2D eigenvalue weighted by molar-refractivity contribution is 5.88. The molecule has 5 heteroatoms. The summed E-state index contributed by atoms with van der Waals surface area (Å²) in [6.07, 6.45) is 1.85. The van der Waals surface area contributed by atoms with Crippen LogP contribution in [0.2, 0.25) is 0 Å². The first-order chi connectivity index (χ1) is 11.6. The third-order valence-corrected chi connectivity index (χ3v) is 4.05. The second kappa shape index (κ2) is 7.45. The highest BCUT2D eigenvalue weighted by atomic mass is 19.1. The van der Waals surface area contributed by atoms with Gasteiger partial charge in [0.2, 0.25) is 5.91 Å². The zero-order valence-corrected chi connectivity index (χ0v) is 13.6. The van der Waals surface area contributed by atoms with Gasteiger partial charge in [0.25, 0.3) is 0 Å². The van der Waals surface area contributed by atoms with Gasteiger partial charge < -0.3 is 15.4 Å². The first-order valence-electron chi connectivity index (χ1n) is 8.14. The molecule has 2 N–H and O–H groups in total. The maximum absolute atomic E-state index is 13.4. The van der Waals surface area contributed by atoms with E-state index in [0.29, 0.717) is 18.9 Å². The van der Waals surface area contributed by atoms with Crippen molar-refractivity contribution in [2.75, 3.05) is 11.9 Å². The summed E-state index contributed by atoms with van der Waals surface area (Å²) < 4.78 is 19.1. The molecule has 0 bridgehead atoms. The predicted octanol–water partition coefficient (Wildman–Crippen LogP) is 3.79. The Labute approximate surface area is 141 Å². The van der Waals surface area contributed by atoms with Crippen molar-refractivity contribution in [3.63, 3.8) is 0 Å². The summed E-state index contributed by atoms with van der Waals surface area (Å²) in [7, 11) is 0. The van der Waals surface area contributed by atoms with E-state index in [1.807, 2.05) is 24.3 Å². The van der Waals surface area contributed by atoms with Gasteiger partial charge in [0.15, 0.2) is 0 Å². The number of halogens is 1. The van der Waals surface area contributed by atoms with Crippen LogP contribution in [0.1, 0.15) is 36.9 Å². The summed E-state index contributed by atoms with van der Waals surface area (Å²) in [4.78, 5) is 11.2. The molecule has 2 aromatic carbocycles. The minimum absolute atomic E-state index is 0.0861. The van der Waals surface area contributed by atoms with Crippen molar-refractivity contribution in [3.8, 4) is 5.75 Å². The zero-order valence-electron chi connectivity index (χ0n) is 13.6. The fraction of sp³-hybridized carbons (Fsp3) is 0.316. The number of fused-ring (bicyclic) bond motifs is 1. The van der Waals surface area contributed by atoms with Gasteiger partial charge in [0, 0.05) is 36.8 Å². The van der Waals surface area contributed by atoms with Crippen LogP contribution in [0.25, 0.3) is 0 Å². The fourth-order valence-electron chi connectivity index (χ4n) is 2.96. The quantitative estimate of drug-likeness (QED) is 0.898. The van der Waals surface area contributed by atoms with E-state index in [0.717, 1.165) is 29.7 Å². The number of rotatable bonds is 4. The molecule has 1 heterocycles. The second-order valence-electron chi connectivity index (χ2n) is 5.99. The summed E-state index contributed by atoms with van der Waals surface area (Å²) in [6.45, 7) is 2.76. The van der Waals surface area contributed by atoms with E-state index in [1.54, 1.807) is 6.07 Å². The van der Waals surface area contributed by atoms with Crippen LogP contribution in [0.5, 0.6) is 5.75 Å². The Kier molecular flexibility index (Phi) is 5.11. The largest absolute Gasteiger partial charge is 0.493 e. The van der Waals surface area contributed by atoms with Gasteiger partial charge in [0.1, 0.15) is 11.6 Å². The molecule has 1 amide bonds. The average Bonchev–Trinajstić information content (AvgIpc) is 2.74. The lowest BCUT2D eigenvalue weighted by Gasteiger charge is -2.19. The van der Waals surface area contributed by atoms with E-state index in [-0.39, 0.29) is 17.8 Å². The van der Waals surface area contributed by atoms with Crippen molar-refractivity contribution >= 4 is 11.6 Å². The minimum Gasteiger partial charge on any atom is -0.493 e. The Hall–Kier alpha value is -2.40. The molecular weight excluding hydrogens is 307 g/mol. The third kappa shape index (κ3) is 4.11. The minimum atomic E-state index is -0.280. The van der Waals surface area contributed by atoms with Crippen molar-refractivity contribution in [1.29, 1.82) is 0 Å². The van der Waals surface area contributed by atoms with Gasteiger partial charge in [-0.1, -0.05) is 18.2 Å². The van der Waals surface area contributed by atoms with E-state index >= 15 is 0 Å². The lowest BCUT2D eigenvalue weighted by molar-refractivity contribution is -0.114. The Morgan fingerprint density at radius 1 is 1.29 bits per heavy atom. The van der Waals surface area contributed by atoms with Gasteiger partial charge in [-0.05, 0) is 36.6 Å². The number of amides is 1. The van der Waals surface area contributed by atoms with Gasteiger partial charge in [-0.2, -0.15) is 0 Å². The van der Waals surface area contributed by atoms with E-state index < -0.39 is 0 Å². The number of carbonyl (C=O) groups excluding carboxylic acids is 1. The molecule has 0 spiro atoms. The predicted molar refractivity (Wildman–Crippen MR) is 91.5 cm³/mol. The molecule has 1 aliphatic rings. The molecule has 4 nitrogen and oxygen atoms in total. The third-order valence-electron chi connectivity index (χ3n) is 4.05. The normalized spacial score (nSPS) is 16.7. The number of anilines is 1. The maximum Gasteiger partial charge on any atom is 0.221 e. The summed E-state index contributed by atoms with van der Waals surface area (Å²) in [5.41, 5.74) is 2.86. The van der Waals surface area contributed by atoms with Crippen LogP contribution in [0.3, 0.4) is 0 Å². The molecule has 0 saturated heterocycles. The van der Waals surface area contributed by atoms with E-state index in [4.69, 9.17) is 4.74 Å². The molecule has 0 saturated carbocycles. The Balaban J connectivity index is 1.72. The molecule has 1 atom stereocenters. The highest BCUT2D eigenvalue weighted by Gasteiger charge is 2.19. The molecule has 0 radical (unpaired) electrons. The van der Waals surface area contributed by atoms with Crippen molar-refractivity contribution in [3.05, 3.63) is 59.4 Å². The molecule has 0 fully saturated rings. The molecule has 24 heavy (non-hydrogen) atoms. The first-order valence-corrected chi connectivity index (χ1v) is 8.14. The maximum atomic E-state index is 13.4. The van der Waals surface area contributed by atoms with Crippen LogP contribution in [0, 0.1) is 5.82 Å². The van der Waals surface area contributed by atoms with Crippen molar-refractivity contribution in [2.24, 2.45) is 0 Å². The Morgan fingerprint density at radius 2 is 2.17 bits per heavy atom. The average molecular weight is 328 g/mol. The van der Waals surface area contributed by atoms with Crippen LogP contribution in [-0.2, 0) is 11.3 Å². The second-order valence-corrected chi connectivity index (χ2v) is 5.99. The topological polar surface area (TPSA) is 50.4 Å². The lowest BCUT2D eigenvalue weighted by atomic mass is 10.0. The van der Waals surface area contributed by atoms with Gasteiger partial charge in [-0.25, -0.2) is 4.39 Å². The summed E-state index contributed by atoms with van der Waals surface area (Å²) in [5, 5.41) is 6.31. The molecule has 3 rings (SSSR count). The number of carbonyl (C=O) groups is 1. The van der Waals surface area contributed by atoms with Crippen LogP contribution in [-0.4, -0.2) is 12.5 Å². The van der Waals surface area contributed by atoms with Crippen LogP contribution < -0.4 is 15.4 Å². The molecule has 0 aliphatic carbocycles. The molecule has 2 aromatic rings. The standard InChI is InChI=1S/C19H21FN2O2/c1-13(23)22-16-5-2-4-14(10-16)12-21-18-6-3-9-24-19-11-15(20)7-8-17(18)19/h2,4-5,7-8,10-11,18,21H,3,6,9,12H2,1H3,(H,22,23)/t18-/m1/s1. The molecule has 0 aromatic heterocycles. The summed E-state index contributed by atoms with van der Waals surface area (Å²) in [5.74, 6) is 0.256. The smallest absolute Gasteiger partial charge is 0.221 e. The van der Waals surface area contributed by atoms with Gasteiger partial charge in [-0.15, -0.1) is 0 Å².